The van der Waals surface area contributed by atoms with E-state index in [9.17, 15) is 13.6 Å². The lowest BCUT2D eigenvalue weighted by atomic mass is 10.1. The monoisotopic (exact) mass is 263 g/mol. The largest absolute Gasteiger partial charge is 0.616 e. The Morgan fingerprint density at radius 2 is 1.72 bits per heavy atom. The van der Waals surface area contributed by atoms with E-state index in [0.29, 0.717) is 11.3 Å². The number of benzene rings is 1. The molecule has 0 amide bonds. The predicted molar refractivity (Wildman–Crippen MR) is 73.2 cm³/mol. The molecule has 0 aromatic heterocycles. The van der Waals surface area contributed by atoms with Crippen molar-refractivity contribution < 1.29 is 8.42 Å². The highest BCUT2D eigenvalue weighted by Gasteiger charge is 2.30. The Labute approximate surface area is 107 Å². The minimum atomic E-state index is -2.55. The first-order valence-corrected chi connectivity index (χ1v) is 6.53. The second-order valence-electron chi connectivity index (χ2n) is 4.22. The summed E-state index contributed by atoms with van der Waals surface area (Å²) >= 11 is 0. The van der Waals surface area contributed by atoms with Crippen molar-refractivity contribution in [3.63, 3.8) is 0 Å². The summed E-state index contributed by atoms with van der Waals surface area (Å²) in [6.07, 6.45) is 4.52. The quantitative estimate of drug-likeness (QED) is 0.444. The minimum Gasteiger partial charge on any atom is -0.616 e. The summed E-state index contributed by atoms with van der Waals surface area (Å²) in [5.41, 5.74) is 1.85. The molecular formula is C13H13NO3S. The fourth-order valence-corrected chi connectivity index (χ4v) is 2.64. The van der Waals surface area contributed by atoms with Gasteiger partial charge in [0.05, 0.1) is 0 Å². The van der Waals surface area contributed by atoms with E-state index in [1.54, 1.807) is 43.3 Å². The average molecular weight is 263 g/mol. The second-order valence-corrected chi connectivity index (χ2v) is 5.08. The molecule has 1 heterocycles. The third-order valence-corrected chi connectivity index (χ3v) is 3.77. The first-order chi connectivity index (χ1) is 8.45. The molecule has 1 aromatic carbocycles. The van der Waals surface area contributed by atoms with Crippen LogP contribution in [0.4, 0.5) is 5.69 Å². The van der Waals surface area contributed by atoms with Crippen molar-refractivity contribution >= 4 is 21.0 Å². The molecule has 0 aliphatic carbocycles. The van der Waals surface area contributed by atoms with Crippen molar-refractivity contribution in [3.8, 4) is 0 Å². The Hall–Kier alpha value is -1.69. The summed E-state index contributed by atoms with van der Waals surface area (Å²) in [7, 11) is -2.55. The molecule has 0 saturated heterocycles. The van der Waals surface area contributed by atoms with Crippen LogP contribution in [0.2, 0.25) is 0 Å². The number of allylic oxidation sites excluding steroid dienone is 2. The lowest BCUT2D eigenvalue weighted by Crippen LogP contribution is -2.46. The maximum Gasteiger partial charge on any atom is 0.277 e. The fraction of sp³-hybridized carbons (Fsp3) is 0.154. The number of rotatable bonds is 1. The number of nitrogens with zero attached hydrogens (tertiary/aromatic N) is 1. The second kappa shape index (κ2) is 4.53. The highest BCUT2D eigenvalue weighted by atomic mass is 32.2. The lowest BCUT2D eigenvalue weighted by molar-refractivity contribution is 0.623. The number of aryl methyl sites for hydroxylation is 1. The molecule has 5 heteroatoms. The molecule has 4 nitrogen and oxygen atoms in total. The molecule has 0 spiro atoms. The van der Waals surface area contributed by atoms with E-state index in [1.807, 2.05) is 6.92 Å². The number of quaternary nitrogens is 1. The minimum absolute atomic E-state index is 0.165. The predicted octanol–water partition coefficient (Wildman–Crippen LogP) is 2.28. The van der Waals surface area contributed by atoms with Crippen LogP contribution in [0.15, 0.2) is 48.2 Å². The van der Waals surface area contributed by atoms with Gasteiger partial charge in [-0.25, -0.2) is 0 Å². The van der Waals surface area contributed by atoms with Crippen LogP contribution in [-0.4, -0.2) is 13.4 Å². The van der Waals surface area contributed by atoms with E-state index >= 15 is 0 Å². The zero-order valence-corrected chi connectivity index (χ0v) is 10.9. The van der Waals surface area contributed by atoms with Crippen molar-refractivity contribution in [2.45, 2.75) is 13.8 Å². The van der Waals surface area contributed by atoms with Crippen LogP contribution in [0.5, 0.6) is 0 Å². The van der Waals surface area contributed by atoms with E-state index in [4.69, 9.17) is 0 Å². The van der Waals surface area contributed by atoms with Gasteiger partial charge in [0.25, 0.3) is 15.3 Å². The van der Waals surface area contributed by atoms with Crippen molar-refractivity contribution in [2.75, 3.05) is 0 Å². The molecule has 94 valence electrons. The zero-order valence-electron chi connectivity index (χ0n) is 10.1. The standard InChI is InChI=1S/C13H13NO3S/c1-10-5-7-12(8-6-10)14(15)9-3-4-11(2)13(14)18(16)17/h3-9H,1-2H3. The van der Waals surface area contributed by atoms with Gasteiger partial charge in [-0.2, -0.15) is 8.42 Å². The van der Waals surface area contributed by atoms with Crippen LogP contribution in [-0.2, 0) is 10.3 Å². The van der Waals surface area contributed by atoms with Gasteiger partial charge in [0, 0.05) is 17.7 Å². The van der Waals surface area contributed by atoms with Crippen LogP contribution in [0.3, 0.4) is 0 Å². The molecular weight excluding hydrogens is 250 g/mol. The van der Waals surface area contributed by atoms with Crippen LogP contribution in [0.25, 0.3) is 0 Å². The molecule has 1 atom stereocenters. The molecule has 1 aliphatic heterocycles. The third kappa shape index (κ3) is 2.03. The van der Waals surface area contributed by atoms with Crippen molar-refractivity contribution in [3.05, 3.63) is 59.0 Å². The molecule has 2 rings (SSSR count). The molecule has 0 N–H and O–H groups in total. The van der Waals surface area contributed by atoms with Gasteiger partial charge < -0.3 is 5.21 Å². The topological polar surface area (TPSA) is 57.2 Å². The molecule has 0 radical (unpaired) electrons. The van der Waals surface area contributed by atoms with Crippen molar-refractivity contribution in [2.24, 2.45) is 0 Å². The van der Waals surface area contributed by atoms with Gasteiger partial charge in [-0.1, -0.05) is 17.7 Å². The summed E-state index contributed by atoms with van der Waals surface area (Å²) in [5, 5.41) is 12.8. The first kappa shape index (κ1) is 12.8. The van der Waals surface area contributed by atoms with Gasteiger partial charge in [0.1, 0.15) is 11.9 Å². The van der Waals surface area contributed by atoms with Crippen molar-refractivity contribution in [1.29, 1.82) is 0 Å². The van der Waals surface area contributed by atoms with Gasteiger partial charge in [-0.3, -0.25) is 4.65 Å². The fourth-order valence-electron chi connectivity index (χ4n) is 1.92. The molecule has 1 unspecified atom stereocenters. The molecule has 0 saturated carbocycles. The number of hydroxylamine groups is 2. The molecule has 0 fully saturated rings. The summed E-state index contributed by atoms with van der Waals surface area (Å²) < 4.78 is 21.5. The smallest absolute Gasteiger partial charge is 0.277 e. The van der Waals surface area contributed by atoms with Crippen LogP contribution in [0, 0.1) is 12.1 Å². The van der Waals surface area contributed by atoms with Crippen LogP contribution >= 0.6 is 0 Å². The summed E-state index contributed by atoms with van der Waals surface area (Å²) in [6.45, 7) is 3.53. The molecule has 1 aromatic rings. The highest BCUT2D eigenvalue weighted by Crippen LogP contribution is 2.28. The third-order valence-electron chi connectivity index (χ3n) is 2.86. The van der Waals surface area contributed by atoms with E-state index in [2.05, 4.69) is 0 Å². The van der Waals surface area contributed by atoms with E-state index in [-0.39, 0.29) is 4.99 Å². The lowest BCUT2D eigenvalue weighted by Gasteiger charge is -2.38. The number of hydrogen-bond acceptors (Lipinski definition) is 3. The molecule has 0 bridgehead atoms. The van der Waals surface area contributed by atoms with E-state index in [1.165, 1.54) is 6.20 Å². The summed E-state index contributed by atoms with van der Waals surface area (Å²) in [5.74, 6) is 0. The normalized spacial score (nSPS) is 22.8. The SMILES string of the molecule is CC1=CC=C[N+]([O-])(c2ccc(C)cc2)C1=S(=O)=O. The van der Waals surface area contributed by atoms with Crippen LogP contribution < -0.4 is 4.65 Å². The van der Waals surface area contributed by atoms with Crippen LogP contribution in [0.1, 0.15) is 12.5 Å². The molecule has 18 heavy (non-hydrogen) atoms. The zero-order chi connectivity index (χ0) is 13.3. The highest BCUT2D eigenvalue weighted by molar-refractivity contribution is 7.73. The maximum absolute atomic E-state index is 12.8. The Morgan fingerprint density at radius 3 is 2.28 bits per heavy atom. The maximum atomic E-state index is 12.8. The van der Waals surface area contributed by atoms with E-state index < -0.39 is 14.9 Å². The van der Waals surface area contributed by atoms with Gasteiger partial charge >= 0.3 is 0 Å². The van der Waals surface area contributed by atoms with Gasteiger partial charge in [-0.15, -0.1) is 0 Å². The Morgan fingerprint density at radius 1 is 1.11 bits per heavy atom. The number of hydrogen-bond donors (Lipinski definition) is 0. The van der Waals surface area contributed by atoms with Gasteiger partial charge in [-0.05, 0) is 26.0 Å². The summed E-state index contributed by atoms with van der Waals surface area (Å²) in [6, 6.07) is 6.89. The Balaban J connectivity index is 2.67. The Kier molecular flexibility index (Phi) is 3.21. The van der Waals surface area contributed by atoms with Gasteiger partial charge in [0.2, 0.25) is 0 Å². The van der Waals surface area contributed by atoms with Gasteiger partial charge in [0.15, 0.2) is 0 Å². The van der Waals surface area contributed by atoms with Crippen molar-refractivity contribution in [1.82, 2.24) is 4.65 Å². The molecule has 1 aliphatic rings. The van der Waals surface area contributed by atoms with E-state index in [0.717, 1.165) is 5.56 Å². The average Bonchev–Trinajstić information content (AvgIpc) is 2.28. The first-order valence-electron chi connectivity index (χ1n) is 5.45. The summed E-state index contributed by atoms with van der Waals surface area (Å²) in [4.78, 5) is -0.165. The Bertz CT molecular complexity index is 661.